The molecule has 0 saturated heterocycles. The van der Waals surface area contributed by atoms with Crippen LogP contribution >= 0.6 is 0 Å². The van der Waals surface area contributed by atoms with Gasteiger partial charge in [-0.25, -0.2) is 4.39 Å². The number of rotatable bonds is 7. The van der Waals surface area contributed by atoms with Crippen LogP contribution in [-0.4, -0.2) is 24.6 Å². The third-order valence-corrected chi connectivity index (χ3v) is 3.06. The lowest BCUT2D eigenvalue weighted by Gasteiger charge is -2.21. The number of benzene rings is 1. The maximum Gasteiger partial charge on any atom is 0.260 e. The first-order valence-corrected chi connectivity index (χ1v) is 7.35. The molecule has 0 aliphatic rings. The molecular weight excluding hydrogens is 271 g/mol. The quantitative estimate of drug-likeness (QED) is 0.813. The van der Waals surface area contributed by atoms with E-state index < -0.39 is 6.10 Å². The zero-order chi connectivity index (χ0) is 16.0. The third-order valence-electron chi connectivity index (χ3n) is 3.06. The van der Waals surface area contributed by atoms with Crippen molar-refractivity contribution in [1.29, 1.82) is 0 Å². The van der Waals surface area contributed by atoms with Crippen LogP contribution in [0.25, 0.3) is 0 Å². The SMILES string of the molecule is CCNC(C)c1ccc(F)cc1OC(C)C(=O)NC(C)C. The normalized spacial score (nSPS) is 13.9. The molecule has 118 valence electrons. The van der Waals surface area contributed by atoms with Crippen molar-refractivity contribution in [2.75, 3.05) is 6.54 Å². The van der Waals surface area contributed by atoms with E-state index >= 15 is 0 Å². The van der Waals surface area contributed by atoms with Crippen molar-refractivity contribution in [2.45, 2.75) is 52.8 Å². The molecule has 0 fully saturated rings. The van der Waals surface area contributed by atoms with Gasteiger partial charge in [0, 0.05) is 23.7 Å². The lowest BCUT2D eigenvalue weighted by atomic mass is 10.1. The average molecular weight is 296 g/mol. The summed E-state index contributed by atoms with van der Waals surface area (Å²) in [6.45, 7) is 10.2. The Morgan fingerprint density at radius 3 is 2.52 bits per heavy atom. The van der Waals surface area contributed by atoms with Crippen LogP contribution in [0.5, 0.6) is 5.75 Å². The summed E-state index contributed by atoms with van der Waals surface area (Å²) in [5.41, 5.74) is 0.836. The van der Waals surface area contributed by atoms with E-state index in [2.05, 4.69) is 10.6 Å². The molecule has 1 rings (SSSR count). The predicted octanol–water partition coefficient (Wildman–Crippen LogP) is 2.79. The molecule has 2 unspecified atom stereocenters. The highest BCUT2D eigenvalue weighted by Gasteiger charge is 2.19. The summed E-state index contributed by atoms with van der Waals surface area (Å²) in [5.74, 6) is -0.194. The van der Waals surface area contributed by atoms with E-state index in [9.17, 15) is 9.18 Å². The minimum absolute atomic E-state index is 0.0194. The lowest BCUT2D eigenvalue weighted by Crippen LogP contribution is -2.40. The summed E-state index contributed by atoms with van der Waals surface area (Å²) in [6.07, 6.45) is -0.679. The van der Waals surface area contributed by atoms with Gasteiger partial charge < -0.3 is 15.4 Å². The van der Waals surface area contributed by atoms with Crippen molar-refractivity contribution in [3.05, 3.63) is 29.6 Å². The standard InChI is InChI=1S/C16H25FN2O2/c1-6-18-11(4)14-8-7-13(17)9-15(14)21-12(5)16(20)19-10(2)3/h7-12,18H,6H2,1-5H3,(H,19,20). The first-order chi connectivity index (χ1) is 9.85. The summed E-state index contributed by atoms with van der Waals surface area (Å²) in [5, 5.41) is 6.03. The predicted molar refractivity (Wildman–Crippen MR) is 81.9 cm³/mol. The Kier molecular flexibility index (Phi) is 6.62. The molecule has 5 heteroatoms. The first-order valence-electron chi connectivity index (χ1n) is 7.35. The zero-order valence-electron chi connectivity index (χ0n) is 13.4. The molecule has 0 spiro atoms. The van der Waals surface area contributed by atoms with Gasteiger partial charge in [-0.1, -0.05) is 13.0 Å². The Labute approximate surface area is 126 Å². The fourth-order valence-electron chi connectivity index (χ4n) is 2.03. The van der Waals surface area contributed by atoms with Gasteiger partial charge in [0.05, 0.1) is 0 Å². The van der Waals surface area contributed by atoms with E-state index in [1.807, 2.05) is 27.7 Å². The van der Waals surface area contributed by atoms with E-state index in [4.69, 9.17) is 4.74 Å². The topological polar surface area (TPSA) is 50.4 Å². The fourth-order valence-corrected chi connectivity index (χ4v) is 2.03. The Balaban J connectivity index is 2.90. The zero-order valence-corrected chi connectivity index (χ0v) is 13.4. The van der Waals surface area contributed by atoms with Crippen molar-refractivity contribution < 1.29 is 13.9 Å². The van der Waals surface area contributed by atoms with Gasteiger partial charge in [-0.2, -0.15) is 0 Å². The highest BCUT2D eigenvalue weighted by atomic mass is 19.1. The van der Waals surface area contributed by atoms with E-state index in [1.165, 1.54) is 12.1 Å². The summed E-state index contributed by atoms with van der Waals surface area (Å²) < 4.78 is 19.1. The van der Waals surface area contributed by atoms with Crippen LogP contribution in [0.3, 0.4) is 0 Å². The number of hydrogen-bond acceptors (Lipinski definition) is 3. The highest BCUT2D eigenvalue weighted by Crippen LogP contribution is 2.27. The average Bonchev–Trinajstić information content (AvgIpc) is 2.38. The van der Waals surface area contributed by atoms with Gasteiger partial charge in [0.1, 0.15) is 11.6 Å². The number of halogens is 1. The molecule has 2 N–H and O–H groups in total. The number of hydrogen-bond donors (Lipinski definition) is 2. The molecule has 0 bridgehead atoms. The van der Waals surface area contributed by atoms with Gasteiger partial charge in [-0.3, -0.25) is 4.79 Å². The molecule has 21 heavy (non-hydrogen) atoms. The van der Waals surface area contributed by atoms with Crippen molar-refractivity contribution in [3.63, 3.8) is 0 Å². The molecule has 1 amide bonds. The summed E-state index contributed by atoms with van der Waals surface area (Å²) in [6, 6.07) is 4.46. The lowest BCUT2D eigenvalue weighted by molar-refractivity contribution is -0.127. The van der Waals surface area contributed by atoms with Crippen molar-refractivity contribution in [2.24, 2.45) is 0 Å². The molecule has 0 heterocycles. The maximum atomic E-state index is 13.5. The number of carbonyl (C=O) groups is 1. The number of ether oxygens (including phenoxy) is 1. The van der Waals surface area contributed by atoms with Crippen LogP contribution in [0.4, 0.5) is 4.39 Å². The van der Waals surface area contributed by atoms with Crippen LogP contribution in [-0.2, 0) is 4.79 Å². The Morgan fingerprint density at radius 1 is 1.29 bits per heavy atom. The number of nitrogens with one attached hydrogen (secondary N) is 2. The largest absolute Gasteiger partial charge is 0.480 e. The van der Waals surface area contributed by atoms with Gasteiger partial charge in [0.2, 0.25) is 0 Å². The molecule has 0 aromatic heterocycles. The summed E-state index contributed by atoms with van der Waals surface area (Å²) >= 11 is 0. The van der Waals surface area contributed by atoms with Gasteiger partial charge in [-0.15, -0.1) is 0 Å². The monoisotopic (exact) mass is 296 g/mol. The van der Waals surface area contributed by atoms with Crippen LogP contribution in [0.15, 0.2) is 18.2 Å². The molecule has 0 aliphatic carbocycles. The highest BCUT2D eigenvalue weighted by molar-refractivity contribution is 5.80. The van der Waals surface area contributed by atoms with E-state index in [1.54, 1.807) is 13.0 Å². The van der Waals surface area contributed by atoms with Gasteiger partial charge in [0.15, 0.2) is 6.10 Å². The van der Waals surface area contributed by atoms with Gasteiger partial charge >= 0.3 is 0 Å². The van der Waals surface area contributed by atoms with Crippen molar-refractivity contribution in [1.82, 2.24) is 10.6 Å². The van der Waals surface area contributed by atoms with Crippen molar-refractivity contribution >= 4 is 5.91 Å². The first kappa shape index (κ1) is 17.4. The number of amides is 1. The smallest absolute Gasteiger partial charge is 0.260 e. The van der Waals surface area contributed by atoms with Crippen LogP contribution in [0.1, 0.15) is 46.2 Å². The van der Waals surface area contributed by atoms with Crippen LogP contribution < -0.4 is 15.4 Å². The van der Waals surface area contributed by atoms with E-state index in [0.717, 1.165) is 12.1 Å². The second kappa shape index (κ2) is 7.98. The Morgan fingerprint density at radius 2 is 1.95 bits per heavy atom. The van der Waals surface area contributed by atoms with E-state index in [0.29, 0.717) is 5.75 Å². The van der Waals surface area contributed by atoms with Crippen molar-refractivity contribution in [3.8, 4) is 5.75 Å². The minimum atomic E-state index is -0.679. The molecule has 0 saturated carbocycles. The fraction of sp³-hybridized carbons (Fsp3) is 0.562. The van der Waals surface area contributed by atoms with E-state index in [-0.39, 0.29) is 23.8 Å². The van der Waals surface area contributed by atoms with Crippen LogP contribution in [0.2, 0.25) is 0 Å². The third kappa shape index (κ3) is 5.34. The Bertz CT molecular complexity index is 477. The molecule has 0 radical (unpaired) electrons. The second-order valence-electron chi connectivity index (χ2n) is 5.38. The minimum Gasteiger partial charge on any atom is -0.480 e. The van der Waals surface area contributed by atoms with Gasteiger partial charge in [0.25, 0.3) is 5.91 Å². The molecule has 4 nitrogen and oxygen atoms in total. The molecule has 1 aromatic rings. The summed E-state index contributed by atoms with van der Waals surface area (Å²) in [4.78, 5) is 11.9. The molecular formula is C16H25FN2O2. The summed E-state index contributed by atoms with van der Waals surface area (Å²) in [7, 11) is 0. The molecule has 1 aromatic carbocycles. The molecule has 0 aliphatic heterocycles. The van der Waals surface area contributed by atoms with Gasteiger partial charge in [-0.05, 0) is 40.3 Å². The van der Waals surface area contributed by atoms with Crippen LogP contribution in [0, 0.1) is 5.82 Å². The number of carbonyl (C=O) groups excluding carboxylic acids is 1. The molecule has 2 atom stereocenters. The Hall–Kier alpha value is -1.62. The maximum absolute atomic E-state index is 13.5. The second-order valence-corrected chi connectivity index (χ2v) is 5.38.